The molecule has 0 spiro atoms. The third-order valence-corrected chi connectivity index (χ3v) is 2.40. The SMILES string of the molecule is CCNC(=O)c1[nH]c(=O)c(Br)cc1Cl. The number of hydrogen-bond donors (Lipinski definition) is 2. The Labute approximate surface area is 93.8 Å². The first-order valence-corrected chi connectivity index (χ1v) is 5.10. The van der Waals surface area contributed by atoms with Crippen LogP contribution in [0, 0.1) is 0 Å². The van der Waals surface area contributed by atoms with E-state index in [2.05, 4.69) is 26.2 Å². The van der Waals surface area contributed by atoms with Gasteiger partial charge in [0.1, 0.15) is 5.69 Å². The Bertz CT molecular complexity index is 416. The molecule has 1 rings (SSSR count). The van der Waals surface area contributed by atoms with Crippen LogP contribution in [0.15, 0.2) is 15.3 Å². The van der Waals surface area contributed by atoms with Crippen molar-refractivity contribution in [2.75, 3.05) is 6.54 Å². The molecular weight excluding hydrogens is 271 g/mol. The number of carbonyl (C=O) groups is 1. The zero-order valence-electron chi connectivity index (χ0n) is 7.36. The molecule has 1 heterocycles. The largest absolute Gasteiger partial charge is 0.351 e. The Hall–Kier alpha value is -0.810. The molecule has 2 N–H and O–H groups in total. The molecule has 0 atom stereocenters. The monoisotopic (exact) mass is 278 g/mol. The van der Waals surface area contributed by atoms with Gasteiger partial charge in [-0.05, 0) is 28.9 Å². The summed E-state index contributed by atoms with van der Waals surface area (Å²) in [5, 5.41) is 2.75. The molecular formula is C8H8BrClN2O2. The molecule has 14 heavy (non-hydrogen) atoms. The van der Waals surface area contributed by atoms with Crippen LogP contribution in [0.4, 0.5) is 0 Å². The number of aromatic nitrogens is 1. The van der Waals surface area contributed by atoms with E-state index >= 15 is 0 Å². The Morgan fingerprint density at radius 2 is 2.36 bits per heavy atom. The van der Waals surface area contributed by atoms with Gasteiger partial charge in [-0.2, -0.15) is 0 Å². The predicted molar refractivity (Wildman–Crippen MR) is 57.8 cm³/mol. The molecule has 0 aliphatic carbocycles. The quantitative estimate of drug-likeness (QED) is 0.862. The van der Waals surface area contributed by atoms with Gasteiger partial charge in [0.05, 0.1) is 9.50 Å². The molecule has 0 radical (unpaired) electrons. The zero-order chi connectivity index (χ0) is 10.7. The van der Waals surface area contributed by atoms with E-state index in [4.69, 9.17) is 11.6 Å². The Morgan fingerprint density at radius 1 is 1.71 bits per heavy atom. The van der Waals surface area contributed by atoms with Crippen LogP contribution in [0.1, 0.15) is 17.4 Å². The van der Waals surface area contributed by atoms with Crippen molar-refractivity contribution in [1.82, 2.24) is 10.3 Å². The van der Waals surface area contributed by atoms with Crippen LogP contribution in [-0.2, 0) is 0 Å². The summed E-state index contributed by atoms with van der Waals surface area (Å²) in [5.74, 6) is -0.387. The van der Waals surface area contributed by atoms with Gasteiger partial charge in [-0.25, -0.2) is 0 Å². The zero-order valence-corrected chi connectivity index (χ0v) is 9.70. The summed E-state index contributed by atoms with van der Waals surface area (Å²) in [6.45, 7) is 2.26. The molecule has 1 amide bonds. The lowest BCUT2D eigenvalue weighted by Gasteiger charge is -2.03. The number of hydrogen-bond acceptors (Lipinski definition) is 2. The average Bonchev–Trinajstić information content (AvgIpc) is 2.11. The first-order chi connectivity index (χ1) is 6.56. The van der Waals surface area contributed by atoms with Crippen molar-refractivity contribution in [3.63, 3.8) is 0 Å². The summed E-state index contributed by atoms with van der Waals surface area (Å²) in [7, 11) is 0. The number of nitrogens with one attached hydrogen (secondary N) is 2. The maximum atomic E-state index is 11.3. The predicted octanol–water partition coefficient (Wildman–Crippen LogP) is 1.54. The van der Waals surface area contributed by atoms with E-state index < -0.39 is 0 Å². The van der Waals surface area contributed by atoms with Crippen LogP contribution in [-0.4, -0.2) is 17.4 Å². The number of halogens is 2. The van der Waals surface area contributed by atoms with Gasteiger partial charge >= 0.3 is 0 Å². The van der Waals surface area contributed by atoms with E-state index in [0.717, 1.165) is 0 Å². The van der Waals surface area contributed by atoms with Crippen LogP contribution in [0.5, 0.6) is 0 Å². The van der Waals surface area contributed by atoms with E-state index in [0.29, 0.717) is 11.0 Å². The highest BCUT2D eigenvalue weighted by Crippen LogP contribution is 2.15. The summed E-state index contributed by atoms with van der Waals surface area (Å²) in [6.07, 6.45) is 0. The van der Waals surface area contributed by atoms with Crippen LogP contribution in [0.25, 0.3) is 0 Å². The van der Waals surface area contributed by atoms with Gasteiger partial charge in [0.25, 0.3) is 11.5 Å². The van der Waals surface area contributed by atoms with E-state index in [-0.39, 0.29) is 22.2 Å². The van der Waals surface area contributed by atoms with Crippen molar-refractivity contribution in [2.45, 2.75) is 6.92 Å². The van der Waals surface area contributed by atoms with Gasteiger partial charge in [0.2, 0.25) is 0 Å². The van der Waals surface area contributed by atoms with Crippen molar-refractivity contribution in [2.24, 2.45) is 0 Å². The highest BCUT2D eigenvalue weighted by Gasteiger charge is 2.11. The van der Waals surface area contributed by atoms with Crippen molar-refractivity contribution in [3.8, 4) is 0 Å². The minimum absolute atomic E-state index is 0.0849. The molecule has 0 fully saturated rings. The second-order valence-electron chi connectivity index (χ2n) is 2.53. The van der Waals surface area contributed by atoms with Crippen molar-refractivity contribution >= 4 is 33.4 Å². The maximum Gasteiger partial charge on any atom is 0.269 e. The van der Waals surface area contributed by atoms with Crippen molar-refractivity contribution in [3.05, 3.63) is 31.6 Å². The highest BCUT2D eigenvalue weighted by molar-refractivity contribution is 9.10. The fraction of sp³-hybridized carbons (Fsp3) is 0.250. The molecule has 4 nitrogen and oxygen atoms in total. The second-order valence-corrected chi connectivity index (χ2v) is 3.79. The van der Waals surface area contributed by atoms with E-state index in [1.807, 2.05) is 0 Å². The summed E-state index contributed by atoms with van der Waals surface area (Å²) in [4.78, 5) is 24.9. The topological polar surface area (TPSA) is 62.0 Å². The van der Waals surface area contributed by atoms with Crippen LogP contribution >= 0.6 is 27.5 Å². The number of amides is 1. The number of pyridine rings is 1. The first-order valence-electron chi connectivity index (χ1n) is 3.92. The van der Waals surface area contributed by atoms with Gasteiger partial charge in [0, 0.05) is 6.54 Å². The molecule has 76 valence electrons. The van der Waals surface area contributed by atoms with Crippen molar-refractivity contribution < 1.29 is 4.79 Å². The summed E-state index contributed by atoms with van der Waals surface area (Å²) < 4.78 is 0.301. The Morgan fingerprint density at radius 3 is 2.93 bits per heavy atom. The van der Waals surface area contributed by atoms with E-state index in [9.17, 15) is 9.59 Å². The van der Waals surface area contributed by atoms with Crippen LogP contribution in [0.2, 0.25) is 5.02 Å². The minimum atomic E-state index is -0.387. The van der Waals surface area contributed by atoms with Gasteiger partial charge in [0.15, 0.2) is 0 Å². The third-order valence-electron chi connectivity index (χ3n) is 1.51. The average molecular weight is 280 g/mol. The van der Waals surface area contributed by atoms with Gasteiger partial charge in [-0.15, -0.1) is 0 Å². The van der Waals surface area contributed by atoms with Crippen molar-refractivity contribution in [1.29, 1.82) is 0 Å². The molecule has 0 aliphatic rings. The Balaban J connectivity index is 3.16. The van der Waals surface area contributed by atoms with E-state index in [1.165, 1.54) is 6.07 Å². The molecule has 0 saturated carbocycles. The summed E-state index contributed by atoms with van der Waals surface area (Å²) in [5.41, 5.74) is -0.294. The molecule has 0 unspecified atom stereocenters. The molecule has 0 bridgehead atoms. The smallest absolute Gasteiger partial charge is 0.269 e. The van der Waals surface area contributed by atoms with Gasteiger partial charge < -0.3 is 10.3 Å². The molecule has 0 saturated heterocycles. The fourth-order valence-corrected chi connectivity index (χ4v) is 1.60. The Kier molecular flexibility index (Phi) is 3.71. The third kappa shape index (κ3) is 2.36. The van der Waals surface area contributed by atoms with Crippen LogP contribution in [0.3, 0.4) is 0 Å². The number of aromatic amines is 1. The second kappa shape index (κ2) is 4.61. The number of rotatable bonds is 2. The lowest BCUT2D eigenvalue weighted by atomic mass is 10.3. The molecule has 0 aromatic carbocycles. The molecule has 1 aromatic heterocycles. The normalized spacial score (nSPS) is 9.93. The lowest BCUT2D eigenvalue weighted by molar-refractivity contribution is 0.0951. The molecule has 0 aliphatic heterocycles. The summed E-state index contributed by atoms with van der Waals surface area (Å²) in [6, 6.07) is 1.39. The lowest BCUT2D eigenvalue weighted by Crippen LogP contribution is -2.26. The minimum Gasteiger partial charge on any atom is -0.351 e. The van der Waals surface area contributed by atoms with Gasteiger partial charge in [-0.1, -0.05) is 11.6 Å². The van der Waals surface area contributed by atoms with Gasteiger partial charge in [-0.3, -0.25) is 9.59 Å². The number of H-pyrrole nitrogens is 1. The highest BCUT2D eigenvalue weighted by atomic mass is 79.9. The fourth-order valence-electron chi connectivity index (χ4n) is 0.896. The standard InChI is InChI=1S/C8H8BrClN2O2/c1-2-11-8(14)6-5(10)3-4(9)7(13)12-6/h3H,2H2,1H3,(H,11,14)(H,12,13). The maximum absolute atomic E-state index is 11.3. The van der Waals surface area contributed by atoms with E-state index in [1.54, 1.807) is 6.92 Å². The first kappa shape index (κ1) is 11.3. The summed E-state index contributed by atoms with van der Waals surface area (Å²) >= 11 is 8.78. The molecule has 6 heteroatoms. The molecule has 1 aromatic rings. The number of carbonyl (C=O) groups excluding carboxylic acids is 1. The van der Waals surface area contributed by atoms with Crippen LogP contribution < -0.4 is 10.9 Å².